The van der Waals surface area contributed by atoms with E-state index >= 15 is 0 Å². The Morgan fingerprint density at radius 1 is 1.67 bits per heavy atom. The molecule has 52 valence electrons. The number of ketones is 1. The van der Waals surface area contributed by atoms with E-state index < -0.39 is 0 Å². The second-order valence-electron chi connectivity index (χ2n) is 2.72. The normalized spacial score (nSPS) is 17.9. The van der Waals surface area contributed by atoms with Gasteiger partial charge >= 0.3 is 0 Å². The van der Waals surface area contributed by atoms with Crippen molar-refractivity contribution in [3.8, 4) is 0 Å². The van der Waals surface area contributed by atoms with E-state index in [9.17, 15) is 4.79 Å². The second kappa shape index (κ2) is 2.97. The van der Waals surface area contributed by atoms with Gasteiger partial charge in [-0.3, -0.25) is 4.79 Å². The molecule has 0 amide bonds. The topological polar surface area (TPSA) is 29.1 Å². The molecule has 2 heteroatoms. The molecule has 0 aromatic rings. The highest BCUT2D eigenvalue weighted by Crippen LogP contribution is 2.32. The molecule has 9 heavy (non-hydrogen) atoms. The minimum atomic E-state index is 0.361. The lowest BCUT2D eigenvalue weighted by Crippen LogP contribution is -2.18. The minimum absolute atomic E-state index is 0.361. The molecule has 0 aromatic carbocycles. The average molecular weight is 127 g/mol. The highest BCUT2D eigenvalue weighted by Gasteiger charge is 2.23. The number of Topliss-reactive ketones (excluding diaryl/α,β-unsaturated/α-hetero) is 1. The first-order chi connectivity index (χ1) is 4.33. The third-order valence-corrected chi connectivity index (χ3v) is 1.59. The number of carbonyl (C=O) groups excluding carboxylic acids is 1. The van der Waals surface area contributed by atoms with Crippen molar-refractivity contribution in [2.24, 2.45) is 5.92 Å². The molecule has 0 aliphatic heterocycles. The average Bonchev–Trinajstić information content (AvgIpc) is 2.50. The molecule has 0 saturated heterocycles. The first-order valence-corrected chi connectivity index (χ1v) is 3.49. The third-order valence-electron chi connectivity index (χ3n) is 1.59. The first kappa shape index (κ1) is 6.75. The SMILES string of the molecule is CNCC(=O)CC1CC1. The summed E-state index contributed by atoms with van der Waals surface area (Å²) in [6.07, 6.45) is 3.35. The molecular weight excluding hydrogens is 114 g/mol. The molecule has 0 unspecified atom stereocenters. The van der Waals surface area contributed by atoms with Gasteiger partial charge in [0.05, 0.1) is 6.54 Å². The zero-order valence-corrected chi connectivity index (χ0v) is 5.81. The van der Waals surface area contributed by atoms with Crippen molar-refractivity contribution >= 4 is 5.78 Å². The molecule has 1 saturated carbocycles. The van der Waals surface area contributed by atoms with Gasteiger partial charge in [-0.1, -0.05) is 0 Å². The Labute approximate surface area is 55.6 Å². The van der Waals surface area contributed by atoms with Crippen LogP contribution in [0.1, 0.15) is 19.3 Å². The minimum Gasteiger partial charge on any atom is -0.313 e. The van der Waals surface area contributed by atoms with Crippen LogP contribution in [0, 0.1) is 5.92 Å². The van der Waals surface area contributed by atoms with Crippen LogP contribution < -0.4 is 5.32 Å². The predicted octanol–water partition coefficient (Wildman–Crippen LogP) is 0.575. The van der Waals surface area contributed by atoms with Crippen molar-refractivity contribution in [1.29, 1.82) is 0 Å². The lowest BCUT2D eigenvalue weighted by molar-refractivity contribution is -0.118. The van der Waals surface area contributed by atoms with Crippen molar-refractivity contribution in [1.82, 2.24) is 5.32 Å². The van der Waals surface area contributed by atoms with E-state index in [-0.39, 0.29) is 0 Å². The van der Waals surface area contributed by atoms with Gasteiger partial charge in [0.15, 0.2) is 0 Å². The van der Waals surface area contributed by atoms with Crippen molar-refractivity contribution in [3.05, 3.63) is 0 Å². The van der Waals surface area contributed by atoms with E-state index in [0.717, 1.165) is 12.3 Å². The van der Waals surface area contributed by atoms with Crippen LogP contribution in [0.4, 0.5) is 0 Å². The maximum atomic E-state index is 10.8. The van der Waals surface area contributed by atoms with Crippen LogP contribution >= 0.6 is 0 Å². The summed E-state index contributed by atoms with van der Waals surface area (Å²) in [5, 5.41) is 2.85. The van der Waals surface area contributed by atoms with Crippen molar-refractivity contribution in [2.45, 2.75) is 19.3 Å². The van der Waals surface area contributed by atoms with Crippen molar-refractivity contribution in [2.75, 3.05) is 13.6 Å². The molecule has 1 fully saturated rings. The van der Waals surface area contributed by atoms with Crippen molar-refractivity contribution < 1.29 is 4.79 Å². The summed E-state index contributed by atoms with van der Waals surface area (Å²) < 4.78 is 0. The number of hydrogen-bond donors (Lipinski definition) is 1. The highest BCUT2D eigenvalue weighted by molar-refractivity contribution is 5.80. The van der Waals surface area contributed by atoms with Crippen LogP contribution in [0.15, 0.2) is 0 Å². The van der Waals surface area contributed by atoms with Crippen LogP contribution in [0.5, 0.6) is 0 Å². The van der Waals surface area contributed by atoms with Gasteiger partial charge in [-0.15, -0.1) is 0 Å². The smallest absolute Gasteiger partial charge is 0.146 e. The first-order valence-electron chi connectivity index (χ1n) is 3.49. The standard InChI is InChI=1S/C7H13NO/c1-8-5-7(9)4-6-2-3-6/h6,8H,2-5H2,1H3. The van der Waals surface area contributed by atoms with E-state index in [1.54, 1.807) is 0 Å². The summed E-state index contributed by atoms with van der Waals surface area (Å²) in [7, 11) is 1.81. The summed E-state index contributed by atoms with van der Waals surface area (Å²) >= 11 is 0. The van der Waals surface area contributed by atoms with Gasteiger partial charge in [0.1, 0.15) is 5.78 Å². The molecule has 0 spiro atoms. The molecule has 0 atom stereocenters. The van der Waals surface area contributed by atoms with Gasteiger partial charge in [0.2, 0.25) is 0 Å². The molecule has 0 heterocycles. The number of hydrogen-bond acceptors (Lipinski definition) is 2. The van der Waals surface area contributed by atoms with Gasteiger partial charge in [-0.05, 0) is 25.8 Å². The molecule has 1 aliphatic carbocycles. The Morgan fingerprint density at radius 3 is 2.78 bits per heavy atom. The summed E-state index contributed by atoms with van der Waals surface area (Å²) in [5.41, 5.74) is 0. The predicted molar refractivity (Wildman–Crippen MR) is 36.3 cm³/mol. The molecule has 0 aromatic heterocycles. The molecular formula is C7H13NO. The van der Waals surface area contributed by atoms with E-state index in [0.29, 0.717) is 12.3 Å². The number of nitrogens with one attached hydrogen (secondary N) is 1. The largest absolute Gasteiger partial charge is 0.313 e. The molecule has 1 aliphatic rings. The van der Waals surface area contributed by atoms with Gasteiger partial charge in [0, 0.05) is 6.42 Å². The fraction of sp³-hybridized carbons (Fsp3) is 0.857. The summed E-state index contributed by atoms with van der Waals surface area (Å²) in [4.78, 5) is 10.8. The molecule has 0 radical (unpaired) electrons. The summed E-state index contributed by atoms with van der Waals surface area (Å²) in [6.45, 7) is 0.552. The maximum Gasteiger partial charge on any atom is 0.146 e. The fourth-order valence-corrected chi connectivity index (χ4v) is 0.913. The fourth-order valence-electron chi connectivity index (χ4n) is 0.913. The Balaban J connectivity index is 2.02. The summed E-state index contributed by atoms with van der Waals surface area (Å²) in [5.74, 6) is 1.10. The number of carbonyl (C=O) groups is 1. The Morgan fingerprint density at radius 2 is 2.33 bits per heavy atom. The second-order valence-corrected chi connectivity index (χ2v) is 2.72. The van der Waals surface area contributed by atoms with E-state index in [2.05, 4.69) is 5.32 Å². The van der Waals surface area contributed by atoms with Gasteiger partial charge in [-0.25, -0.2) is 0 Å². The highest BCUT2D eigenvalue weighted by atomic mass is 16.1. The van der Waals surface area contributed by atoms with Crippen molar-refractivity contribution in [3.63, 3.8) is 0 Å². The zero-order chi connectivity index (χ0) is 6.69. The van der Waals surface area contributed by atoms with E-state index in [1.165, 1.54) is 12.8 Å². The third kappa shape index (κ3) is 2.61. The van der Waals surface area contributed by atoms with Gasteiger partial charge in [-0.2, -0.15) is 0 Å². The van der Waals surface area contributed by atoms with Crippen LogP contribution in [-0.2, 0) is 4.79 Å². The Kier molecular flexibility index (Phi) is 2.22. The lowest BCUT2D eigenvalue weighted by atomic mass is 10.2. The van der Waals surface area contributed by atoms with E-state index in [4.69, 9.17) is 0 Å². The lowest BCUT2D eigenvalue weighted by Gasteiger charge is -1.94. The van der Waals surface area contributed by atoms with Gasteiger partial charge in [0.25, 0.3) is 0 Å². The van der Waals surface area contributed by atoms with E-state index in [1.807, 2.05) is 7.05 Å². The van der Waals surface area contributed by atoms with Crippen LogP contribution in [0.25, 0.3) is 0 Å². The maximum absolute atomic E-state index is 10.8. The monoisotopic (exact) mass is 127 g/mol. The van der Waals surface area contributed by atoms with Crippen LogP contribution in [-0.4, -0.2) is 19.4 Å². The Hall–Kier alpha value is -0.370. The molecule has 1 N–H and O–H groups in total. The molecule has 0 bridgehead atoms. The summed E-state index contributed by atoms with van der Waals surface area (Å²) in [6, 6.07) is 0. The zero-order valence-electron chi connectivity index (χ0n) is 5.81. The van der Waals surface area contributed by atoms with Crippen LogP contribution in [0.2, 0.25) is 0 Å². The quantitative estimate of drug-likeness (QED) is 0.598. The van der Waals surface area contributed by atoms with Gasteiger partial charge < -0.3 is 5.32 Å². The number of rotatable bonds is 4. The van der Waals surface area contributed by atoms with Crippen LogP contribution in [0.3, 0.4) is 0 Å². The Bertz CT molecular complexity index is 107. The molecule has 2 nitrogen and oxygen atoms in total. The molecule has 1 rings (SSSR count). The number of likely N-dealkylation sites (N-methyl/N-ethyl adjacent to an activating group) is 1.